The fraction of sp³-hybridized carbons (Fsp3) is 0.500. The first-order chi connectivity index (χ1) is 5.77. The van der Waals surface area contributed by atoms with E-state index >= 15 is 0 Å². The predicted octanol–water partition coefficient (Wildman–Crippen LogP) is 2.10. The molecule has 2 rings (SSSR count). The van der Waals surface area contributed by atoms with E-state index in [1.54, 1.807) is 6.92 Å². The van der Waals surface area contributed by atoms with Crippen molar-refractivity contribution >= 4 is 5.78 Å². The second-order valence-electron chi connectivity index (χ2n) is 3.45. The van der Waals surface area contributed by atoms with Crippen molar-refractivity contribution in [3.8, 4) is 0 Å². The zero-order chi connectivity index (χ0) is 8.55. The Balaban J connectivity index is 2.38. The molecule has 1 aromatic rings. The summed E-state index contributed by atoms with van der Waals surface area (Å²) in [5, 5.41) is 0. The molecular formula is C10H13NO. The molecule has 0 saturated carbocycles. The van der Waals surface area contributed by atoms with Gasteiger partial charge in [0.2, 0.25) is 0 Å². The van der Waals surface area contributed by atoms with Crippen molar-refractivity contribution < 1.29 is 4.79 Å². The lowest BCUT2D eigenvalue weighted by Gasteiger charge is -2.08. The lowest BCUT2D eigenvalue weighted by atomic mass is 9.98. The summed E-state index contributed by atoms with van der Waals surface area (Å²) >= 11 is 0. The number of H-pyrrole nitrogens is 1. The van der Waals surface area contributed by atoms with Gasteiger partial charge in [-0.25, -0.2) is 0 Å². The van der Waals surface area contributed by atoms with E-state index in [1.165, 1.54) is 24.1 Å². The van der Waals surface area contributed by atoms with Gasteiger partial charge in [-0.1, -0.05) is 0 Å². The smallest absolute Gasteiger partial charge is 0.175 e. The van der Waals surface area contributed by atoms with E-state index in [-0.39, 0.29) is 5.78 Å². The number of aryl methyl sites for hydroxylation is 2. The number of nitrogens with one attached hydrogen (secondary N) is 1. The highest BCUT2D eigenvalue weighted by Gasteiger charge is 2.13. The molecule has 12 heavy (non-hydrogen) atoms. The van der Waals surface area contributed by atoms with Crippen molar-refractivity contribution in [1.82, 2.24) is 4.98 Å². The van der Waals surface area contributed by atoms with E-state index in [9.17, 15) is 4.79 Å². The molecule has 0 atom stereocenters. The van der Waals surface area contributed by atoms with E-state index in [1.807, 2.05) is 6.07 Å². The molecule has 0 radical (unpaired) electrons. The van der Waals surface area contributed by atoms with Crippen LogP contribution < -0.4 is 0 Å². The van der Waals surface area contributed by atoms with Gasteiger partial charge in [0.1, 0.15) is 0 Å². The van der Waals surface area contributed by atoms with Crippen molar-refractivity contribution in [1.29, 1.82) is 0 Å². The number of hydrogen-bond acceptors (Lipinski definition) is 1. The molecule has 1 N–H and O–H groups in total. The molecule has 1 heterocycles. The van der Waals surface area contributed by atoms with Gasteiger partial charge in [-0.3, -0.25) is 4.79 Å². The van der Waals surface area contributed by atoms with Crippen LogP contribution in [0.1, 0.15) is 41.5 Å². The van der Waals surface area contributed by atoms with Crippen LogP contribution in [0.4, 0.5) is 0 Å². The minimum absolute atomic E-state index is 0.143. The molecule has 0 saturated heterocycles. The number of rotatable bonds is 1. The van der Waals surface area contributed by atoms with E-state index in [0.29, 0.717) is 0 Å². The number of hydrogen-bond donors (Lipinski definition) is 1. The van der Waals surface area contributed by atoms with Crippen molar-refractivity contribution in [3.63, 3.8) is 0 Å². The minimum Gasteiger partial charge on any atom is -0.356 e. The van der Waals surface area contributed by atoms with Crippen LogP contribution in [0.2, 0.25) is 0 Å². The molecule has 0 bridgehead atoms. The number of aromatic amines is 1. The number of aromatic nitrogens is 1. The Morgan fingerprint density at radius 2 is 2.17 bits per heavy atom. The lowest BCUT2D eigenvalue weighted by Crippen LogP contribution is -1.99. The van der Waals surface area contributed by atoms with Crippen LogP contribution in [0.25, 0.3) is 0 Å². The molecule has 1 aromatic heterocycles. The fourth-order valence-electron chi connectivity index (χ4n) is 1.79. The summed E-state index contributed by atoms with van der Waals surface area (Å²) < 4.78 is 0. The number of carbonyl (C=O) groups is 1. The van der Waals surface area contributed by atoms with Gasteiger partial charge in [0.25, 0.3) is 0 Å². The van der Waals surface area contributed by atoms with Crippen LogP contribution in [0, 0.1) is 0 Å². The van der Waals surface area contributed by atoms with Gasteiger partial charge in [0.05, 0.1) is 5.69 Å². The van der Waals surface area contributed by atoms with E-state index in [0.717, 1.165) is 18.5 Å². The number of fused-ring (bicyclic) bond motifs is 1. The summed E-state index contributed by atoms with van der Waals surface area (Å²) in [5.74, 6) is 0.143. The number of ketones is 1. The second kappa shape index (κ2) is 2.77. The summed E-state index contributed by atoms with van der Waals surface area (Å²) in [4.78, 5) is 14.2. The Labute approximate surface area is 72.0 Å². The van der Waals surface area contributed by atoms with Crippen molar-refractivity contribution in [3.05, 3.63) is 23.0 Å². The molecule has 0 amide bonds. The molecule has 0 aromatic carbocycles. The third-order valence-corrected chi connectivity index (χ3v) is 2.49. The van der Waals surface area contributed by atoms with E-state index in [2.05, 4.69) is 4.98 Å². The highest BCUT2D eigenvalue weighted by molar-refractivity contribution is 5.92. The van der Waals surface area contributed by atoms with Crippen molar-refractivity contribution in [2.75, 3.05) is 0 Å². The van der Waals surface area contributed by atoms with Gasteiger partial charge in [0, 0.05) is 12.6 Å². The maximum atomic E-state index is 11.0. The highest BCUT2D eigenvalue weighted by Crippen LogP contribution is 2.21. The Bertz CT molecular complexity index is 288. The third kappa shape index (κ3) is 1.17. The molecular weight excluding hydrogens is 150 g/mol. The first kappa shape index (κ1) is 7.59. The van der Waals surface area contributed by atoms with Crippen LogP contribution in [-0.2, 0) is 12.8 Å². The van der Waals surface area contributed by atoms with Gasteiger partial charge in [-0.15, -0.1) is 0 Å². The van der Waals surface area contributed by atoms with Crippen LogP contribution >= 0.6 is 0 Å². The standard InChI is InChI=1S/C10H13NO/c1-7(12)10-6-8-4-2-3-5-9(8)11-10/h6,11H,2-5H2,1H3. The molecule has 0 fully saturated rings. The van der Waals surface area contributed by atoms with Gasteiger partial charge in [-0.2, -0.15) is 0 Å². The van der Waals surface area contributed by atoms with E-state index in [4.69, 9.17) is 0 Å². The topological polar surface area (TPSA) is 32.9 Å². The monoisotopic (exact) mass is 163 g/mol. The van der Waals surface area contributed by atoms with Crippen LogP contribution in [0.5, 0.6) is 0 Å². The Morgan fingerprint density at radius 3 is 2.83 bits per heavy atom. The Morgan fingerprint density at radius 1 is 1.42 bits per heavy atom. The van der Waals surface area contributed by atoms with Crippen LogP contribution in [0.15, 0.2) is 6.07 Å². The first-order valence-electron chi connectivity index (χ1n) is 4.49. The second-order valence-corrected chi connectivity index (χ2v) is 3.45. The summed E-state index contributed by atoms with van der Waals surface area (Å²) in [6, 6.07) is 2.01. The molecule has 0 aliphatic heterocycles. The fourth-order valence-corrected chi connectivity index (χ4v) is 1.79. The molecule has 0 unspecified atom stereocenters. The minimum atomic E-state index is 0.143. The van der Waals surface area contributed by atoms with Gasteiger partial charge in [0.15, 0.2) is 5.78 Å². The maximum Gasteiger partial charge on any atom is 0.175 e. The summed E-state index contributed by atoms with van der Waals surface area (Å²) in [7, 11) is 0. The van der Waals surface area contributed by atoms with Gasteiger partial charge < -0.3 is 4.98 Å². The van der Waals surface area contributed by atoms with Crippen LogP contribution in [-0.4, -0.2) is 10.8 Å². The third-order valence-electron chi connectivity index (χ3n) is 2.49. The van der Waals surface area contributed by atoms with E-state index < -0.39 is 0 Å². The normalized spacial score (nSPS) is 15.8. The molecule has 1 aliphatic rings. The first-order valence-corrected chi connectivity index (χ1v) is 4.49. The molecule has 1 aliphatic carbocycles. The average Bonchev–Trinajstić information content (AvgIpc) is 2.46. The highest BCUT2D eigenvalue weighted by atomic mass is 16.1. The lowest BCUT2D eigenvalue weighted by molar-refractivity contribution is 0.101. The summed E-state index contributed by atoms with van der Waals surface area (Å²) in [6.45, 7) is 1.61. The number of carbonyl (C=O) groups excluding carboxylic acids is 1. The molecule has 2 nitrogen and oxygen atoms in total. The Kier molecular flexibility index (Phi) is 1.75. The predicted molar refractivity (Wildman–Crippen MR) is 47.4 cm³/mol. The summed E-state index contributed by atoms with van der Waals surface area (Å²) in [5.41, 5.74) is 3.42. The molecule has 2 heteroatoms. The quantitative estimate of drug-likeness (QED) is 0.632. The average molecular weight is 163 g/mol. The van der Waals surface area contributed by atoms with Gasteiger partial charge >= 0.3 is 0 Å². The maximum absolute atomic E-state index is 11.0. The van der Waals surface area contributed by atoms with Crippen molar-refractivity contribution in [2.45, 2.75) is 32.6 Å². The van der Waals surface area contributed by atoms with Gasteiger partial charge in [-0.05, 0) is 37.3 Å². The van der Waals surface area contributed by atoms with Crippen molar-refractivity contribution in [2.24, 2.45) is 0 Å². The number of Topliss-reactive ketones (excluding diaryl/α,β-unsaturated/α-hetero) is 1. The molecule has 64 valence electrons. The zero-order valence-electron chi connectivity index (χ0n) is 7.31. The Hall–Kier alpha value is -1.05. The van der Waals surface area contributed by atoms with Crippen LogP contribution in [0.3, 0.4) is 0 Å². The summed E-state index contributed by atoms with van der Waals surface area (Å²) in [6.07, 6.45) is 4.77. The molecule has 0 spiro atoms. The SMILES string of the molecule is CC(=O)c1cc2c([nH]1)CCCC2. The zero-order valence-corrected chi connectivity index (χ0v) is 7.31. The largest absolute Gasteiger partial charge is 0.356 e.